The first-order valence-corrected chi connectivity index (χ1v) is 11.1. The largest absolute Gasteiger partial charge is 0.481 e. The Balaban J connectivity index is 3.67. The number of carboxylic acids is 1. The average molecular weight is 464 g/mol. The van der Waals surface area contributed by atoms with Crippen LogP contribution in [0.4, 0.5) is 0 Å². The number of ether oxygens (including phenoxy) is 5. The molecule has 10 heteroatoms. The summed E-state index contributed by atoms with van der Waals surface area (Å²) in [6.07, 6.45) is 1.66. The lowest BCUT2D eigenvalue weighted by Crippen LogP contribution is -2.28. The van der Waals surface area contributed by atoms with Gasteiger partial charge < -0.3 is 34.1 Å². The number of hydrogen-bond acceptors (Lipinski definition) is 8. The molecule has 0 unspecified atom stereocenters. The first-order valence-electron chi connectivity index (χ1n) is 11.1. The zero-order valence-corrected chi connectivity index (χ0v) is 20.0. The SMILES string of the molecule is COCCOCCOCCOCCC(=O)NCCCC[C@H](CC(=O)OC(C)(C)C)C(=O)O. The van der Waals surface area contributed by atoms with E-state index >= 15 is 0 Å². The van der Waals surface area contributed by atoms with Crippen LogP contribution in [-0.4, -0.2) is 88.5 Å². The predicted molar refractivity (Wildman–Crippen MR) is 117 cm³/mol. The maximum Gasteiger partial charge on any atom is 0.307 e. The van der Waals surface area contributed by atoms with Crippen molar-refractivity contribution in [1.82, 2.24) is 5.32 Å². The summed E-state index contributed by atoms with van der Waals surface area (Å²) < 4.78 is 26.0. The normalized spacial score (nSPS) is 12.4. The highest BCUT2D eigenvalue weighted by Crippen LogP contribution is 2.17. The van der Waals surface area contributed by atoms with Gasteiger partial charge in [0, 0.05) is 20.1 Å². The summed E-state index contributed by atoms with van der Waals surface area (Å²) in [5.74, 6) is -2.44. The molecule has 2 N–H and O–H groups in total. The molecule has 0 fully saturated rings. The van der Waals surface area contributed by atoms with E-state index < -0.39 is 23.5 Å². The van der Waals surface area contributed by atoms with E-state index in [9.17, 15) is 19.5 Å². The van der Waals surface area contributed by atoms with E-state index in [0.717, 1.165) is 0 Å². The lowest BCUT2D eigenvalue weighted by atomic mass is 9.98. The van der Waals surface area contributed by atoms with Gasteiger partial charge in [0.2, 0.25) is 5.91 Å². The van der Waals surface area contributed by atoms with Gasteiger partial charge in [-0.05, 0) is 33.6 Å². The zero-order chi connectivity index (χ0) is 24.2. The zero-order valence-electron chi connectivity index (χ0n) is 20.0. The Labute approximate surface area is 191 Å². The molecule has 0 aliphatic heterocycles. The van der Waals surface area contributed by atoms with Crippen molar-refractivity contribution in [3.05, 3.63) is 0 Å². The number of esters is 1. The molecule has 0 spiro atoms. The quantitative estimate of drug-likeness (QED) is 0.205. The van der Waals surface area contributed by atoms with E-state index in [1.807, 2.05) is 0 Å². The predicted octanol–water partition coefficient (Wildman–Crippen LogP) is 1.79. The molecule has 32 heavy (non-hydrogen) atoms. The topological polar surface area (TPSA) is 130 Å². The van der Waals surface area contributed by atoms with E-state index in [1.54, 1.807) is 27.9 Å². The van der Waals surface area contributed by atoms with Gasteiger partial charge >= 0.3 is 11.9 Å². The van der Waals surface area contributed by atoms with E-state index in [0.29, 0.717) is 72.1 Å². The van der Waals surface area contributed by atoms with Crippen molar-refractivity contribution in [1.29, 1.82) is 0 Å². The fourth-order valence-electron chi connectivity index (χ4n) is 2.58. The van der Waals surface area contributed by atoms with Gasteiger partial charge in [0.05, 0.1) is 58.6 Å². The Bertz CT molecular complexity index is 520. The van der Waals surface area contributed by atoms with E-state index in [4.69, 9.17) is 23.7 Å². The van der Waals surface area contributed by atoms with Crippen LogP contribution in [0.1, 0.15) is 52.9 Å². The standard InChI is InChI=1S/C22H41NO9/c1-22(2,3)32-20(25)17-18(21(26)27)7-5-6-9-23-19(24)8-10-29-13-14-31-16-15-30-12-11-28-4/h18H,5-17H2,1-4H3,(H,23,24)(H,26,27)/t18-/m1/s1. The average Bonchev–Trinajstić information content (AvgIpc) is 2.69. The lowest BCUT2D eigenvalue weighted by Gasteiger charge is -2.21. The van der Waals surface area contributed by atoms with Crippen LogP contribution in [0.3, 0.4) is 0 Å². The van der Waals surface area contributed by atoms with Crippen LogP contribution in [0.25, 0.3) is 0 Å². The summed E-state index contributed by atoms with van der Waals surface area (Å²) >= 11 is 0. The first kappa shape index (κ1) is 30.2. The molecule has 188 valence electrons. The van der Waals surface area contributed by atoms with E-state index in [2.05, 4.69) is 5.32 Å². The summed E-state index contributed by atoms with van der Waals surface area (Å²) in [6, 6.07) is 0. The van der Waals surface area contributed by atoms with Crippen LogP contribution in [0.5, 0.6) is 0 Å². The highest BCUT2D eigenvalue weighted by Gasteiger charge is 2.24. The molecule has 0 bridgehead atoms. The van der Waals surface area contributed by atoms with Crippen molar-refractivity contribution < 1.29 is 43.2 Å². The molecule has 0 rings (SSSR count). The van der Waals surface area contributed by atoms with Crippen LogP contribution in [0.15, 0.2) is 0 Å². The Morgan fingerprint density at radius 3 is 1.97 bits per heavy atom. The van der Waals surface area contributed by atoms with Gasteiger partial charge in [-0.3, -0.25) is 14.4 Å². The molecule has 10 nitrogen and oxygen atoms in total. The number of methoxy groups -OCH3 is 1. The molecule has 0 aliphatic rings. The Kier molecular flexibility index (Phi) is 17.8. The summed E-state index contributed by atoms with van der Waals surface area (Å²) in [4.78, 5) is 35.0. The minimum Gasteiger partial charge on any atom is -0.481 e. The van der Waals surface area contributed by atoms with E-state index in [-0.39, 0.29) is 18.7 Å². The highest BCUT2D eigenvalue weighted by atomic mass is 16.6. The summed E-state index contributed by atoms with van der Waals surface area (Å²) in [7, 11) is 1.62. The summed E-state index contributed by atoms with van der Waals surface area (Å²) in [5, 5.41) is 12.1. The maximum atomic E-state index is 11.8. The molecule has 0 aliphatic carbocycles. The number of nitrogens with one attached hydrogen (secondary N) is 1. The van der Waals surface area contributed by atoms with Crippen molar-refractivity contribution in [3.8, 4) is 0 Å². The summed E-state index contributed by atoms with van der Waals surface area (Å²) in [5.41, 5.74) is -0.639. The molecule has 0 aromatic carbocycles. The maximum absolute atomic E-state index is 11.8. The fourth-order valence-corrected chi connectivity index (χ4v) is 2.58. The lowest BCUT2D eigenvalue weighted by molar-refractivity contribution is -0.160. The Hall–Kier alpha value is -1.75. The summed E-state index contributed by atoms with van der Waals surface area (Å²) in [6.45, 7) is 8.89. The third-order valence-corrected chi connectivity index (χ3v) is 4.13. The number of hydrogen-bond donors (Lipinski definition) is 2. The van der Waals surface area contributed by atoms with Crippen LogP contribution < -0.4 is 5.32 Å². The van der Waals surface area contributed by atoms with Gasteiger partial charge in [-0.25, -0.2) is 0 Å². The van der Waals surface area contributed by atoms with Crippen molar-refractivity contribution in [2.45, 2.75) is 58.5 Å². The molecule has 0 aromatic rings. The highest BCUT2D eigenvalue weighted by molar-refractivity contribution is 5.79. The monoisotopic (exact) mass is 463 g/mol. The Morgan fingerprint density at radius 2 is 1.44 bits per heavy atom. The number of carbonyl (C=O) groups is 3. The minimum absolute atomic E-state index is 0.124. The number of carbonyl (C=O) groups excluding carboxylic acids is 2. The van der Waals surface area contributed by atoms with Crippen molar-refractivity contribution in [2.75, 3.05) is 59.9 Å². The molecule has 1 atom stereocenters. The minimum atomic E-state index is -1.01. The fraction of sp³-hybridized carbons (Fsp3) is 0.864. The molecule has 0 aromatic heterocycles. The number of amides is 1. The second-order valence-corrected chi connectivity index (χ2v) is 8.25. The molecule has 0 saturated heterocycles. The number of unbranched alkanes of at least 4 members (excludes halogenated alkanes) is 1. The molecular formula is C22H41NO9. The Morgan fingerprint density at radius 1 is 0.875 bits per heavy atom. The van der Waals surface area contributed by atoms with Gasteiger partial charge in [-0.1, -0.05) is 6.42 Å². The van der Waals surface area contributed by atoms with Crippen molar-refractivity contribution in [3.63, 3.8) is 0 Å². The van der Waals surface area contributed by atoms with Gasteiger partial charge in [0.1, 0.15) is 5.60 Å². The third-order valence-electron chi connectivity index (χ3n) is 4.13. The molecule has 0 saturated carbocycles. The molecule has 0 heterocycles. The van der Waals surface area contributed by atoms with Gasteiger partial charge in [-0.15, -0.1) is 0 Å². The number of aliphatic carboxylic acids is 1. The molecular weight excluding hydrogens is 422 g/mol. The smallest absolute Gasteiger partial charge is 0.307 e. The second-order valence-electron chi connectivity index (χ2n) is 8.25. The van der Waals surface area contributed by atoms with Gasteiger partial charge in [-0.2, -0.15) is 0 Å². The van der Waals surface area contributed by atoms with Crippen molar-refractivity contribution >= 4 is 17.8 Å². The van der Waals surface area contributed by atoms with Gasteiger partial charge in [0.15, 0.2) is 0 Å². The first-order chi connectivity index (χ1) is 15.2. The van der Waals surface area contributed by atoms with E-state index in [1.165, 1.54) is 0 Å². The number of rotatable bonds is 20. The number of carboxylic acid groups (broad SMARTS) is 1. The molecule has 0 radical (unpaired) electrons. The molecule has 1 amide bonds. The van der Waals surface area contributed by atoms with Gasteiger partial charge in [0.25, 0.3) is 0 Å². The van der Waals surface area contributed by atoms with Crippen LogP contribution >= 0.6 is 0 Å². The third kappa shape index (κ3) is 20.2. The van der Waals surface area contributed by atoms with Crippen molar-refractivity contribution in [2.24, 2.45) is 5.92 Å². The van der Waals surface area contributed by atoms with Crippen LogP contribution in [0.2, 0.25) is 0 Å². The van der Waals surface area contributed by atoms with Crippen LogP contribution in [-0.2, 0) is 38.1 Å². The second kappa shape index (κ2) is 18.8. The van der Waals surface area contributed by atoms with Crippen LogP contribution in [0, 0.1) is 5.92 Å².